The molecule has 0 aliphatic carbocycles. The molecule has 3 rings (SSSR count). The van der Waals surface area contributed by atoms with Crippen LogP contribution in [-0.4, -0.2) is 36.3 Å². The highest BCUT2D eigenvalue weighted by molar-refractivity contribution is 7.99. The summed E-state index contributed by atoms with van der Waals surface area (Å²) < 4.78 is 10.2. The summed E-state index contributed by atoms with van der Waals surface area (Å²) in [6.45, 7) is 4.13. The second-order valence-electron chi connectivity index (χ2n) is 6.88. The second kappa shape index (κ2) is 11.2. The average molecular weight is 462 g/mol. The van der Waals surface area contributed by atoms with Gasteiger partial charge in [0.05, 0.1) is 36.3 Å². The summed E-state index contributed by atoms with van der Waals surface area (Å²) in [7, 11) is 1.30. The van der Waals surface area contributed by atoms with Crippen LogP contribution in [0.1, 0.15) is 28.5 Å². The quantitative estimate of drug-likeness (QED) is 0.378. The summed E-state index contributed by atoms with van der Waals surface area (Å²) in [5.74, 6) is -0.135. The Balaban J connectivity index is 2.15. The molecular weight excluding hydrogens is 438 g/mol. The number of nitrogens with one attached hydrogen (secondary N) is 1. The van der Waals surface area contributed by atoms with Crippen molar-refractivity contribution in [3.8, 4) is 22.9 Å². The standard InChI is InChI=1S/C25H23N3O4S/c1-4-32-19-12-10-17(11-13-19)23-20(14-26)25(33-15-21(29)31-3)27-16(2)22(23)24(30)28-18-8-6-5-7-9-18/h5-13H,4,15H2,1-3H3,(H,28,30). The summed E-state index contributed by atoms with van der Waals surface area (Å²) in [6, 6.07) is 18.4. The van der Waals surface area contributed by atoms with Crippen molar-refractivity contribution in [2.45, 2.75) is 18.9 Å². The molecule has 1 N–H and O–H groups in total. The molecular formula is C25H23N3O4S. The van der Waals surface area contributed by atoms with Crippen LogP contribution in [0.4, 0.5) is 5.69 Å². The van der Waals surface area contributed by atoms with E-state index >= 15 is 0 Å². The van der Waals surface area contributed by atoms with Crippen LogP contribution in [0.3, 0.4) is 0 Å². The number of carbonyl (C=O) groups is 2. The van der Waals surface area contributed by atoms with Gasteiger partial charge in [0.15, 0.2) is 0 Å². The molecule has 0 spiro atoms. The molecule has 168 valence electrons. The first-order valence-electron chi connectivity index (χ1n) is 10.2. The first kappa shape index (κ1) is 23.8. The van der Waals surface area contributed by atoms with E-state index in [-0.39, 0.29) is 17.2 Å². The zero-order valence-corrected chi connectivity index (χ0v) is 19.4. The molecule has 0 bridgehead atoms. The molecule has 0 fully saturated rings. The molecule has 0 aliphatic rings. The largest absolute Gasteiger partial charge is 0.494 e. The summed E-state index contributed by atoms with van der Waals surface area (Å²) in [5.41, 5.74) is 2.70. The number of carbonyl (C=O) groups excluding carboxylic acids is 2. The number of amides is 1. The molecule has 3 aromatic rings. The fourth-order valence-corrected chi connectivity index (χ4v) is 4.10. The molecule has 8 heteroatoms. The number of thioether (sulfide) groups is 1. The van der Waals surface area contributed by atoms with E-state index in [9.17, 15) is 14.9 Å². The maximum atomic E-state index is 13.3. The number of methoxy groups -OCH3 is 1. The van der Waals surface area contributed by atoms with Gasteiger partial charge in [0.1, 0.15) is 16.8 Å². The fraction of sp³-hybridized carbons (Fsp3) is 0.200. The van der Waals surface area contributed by atoms with Crippen LogP contribution >= 0.6 is 11.8 Å². The van der Waals surface area contributed by atoms with Crippen LogP contribution in [-0.2, 0) is 9.53 Å². The fourth-order valence-electron chi connectivity index (χ4n) is 3.24. The molecule has 33 heavy (non-hydrogen) atoms. The Bertz CT molecular complexity index is 1190. The Morgan fingerprint density at radius 3 is 2.42 bits per heavy atom. The van der Waals surface area contributed by atoms with Crippen LogP contribution < -0.4 is 10.1 Å². The van der Waals surface area contributed by atoms with E-state index in [1.165, 1.54) is 7.11 Å². The van der Waals surface area contributed by atoms with E-state index < -0.39 is 5.97 Å². The van der Waals surface area contributed by atoms with Crippen LogP contribution in [0, 0.1) is 18.3 Å². The van der Waals surface area contributed by atoms with Gasteiger partial charge in [-0.1, -0.05) is 42.1 Å². The number of para-hydroxylation sites is 1. The Morgan fingerprint density at radius 2 is 1.82 bits per heavy atom. The van der Waals surface area contributed by atoms with Gasteiger partial charge in [0, 0.05) is 11.3 Å². The molecule has 0 saturated heterocycles. The van der Waals surface area contributed by atoms with Crippen molar-refractivity contribution in [3.63, 3.8) is 0 Å². The Hall–Kier alpha value is -3.83. The number of nitriles is 1. The Morgan fingerprint density at radius 1 is 1.12 bits per heavy atom. The van der Waals surface area contributed by atoms with E-state index in [0.717, 1.165) is 11.8 Å². The molecule has 0 aliphatic heterocycles. The zero-order valence-electron chi connectivity index (χ0n) is 18.5. The molecule has 1 aromatic heterocycles. The molecule has 7 nitrogen and oxygen atoms in total. The van der Waals surface area contributed by atoms with Crippen molar-refractivity contribution in [2.24, 2.45) is 0 Å². The monoisotopic (exact) mass is 461 g/mol. The SMILES string of the molecule is CCOc1ccc(-c2c(C#N)c(SCC(=O)OC)nc(C)c2C(=O)Nc2ccccc2)cc1. The first-order chi connectivity index (χ1) is 16.0. The van der Waals surface area contributed by atoms with Gasteiger partial charge in [-0.2, -0.15) is 5.26 Å². The minimum Gasteiger partial charge on any atom is -0.494 e. The molecule has 0 saturated carbocycles. The van der Waals surface area contributed by atoms with Gasteiger partial charge in [-0.05, 0) is 43.7 Å². The van der Waals surface area contributed by atoms with E-state index in [1.807, 2.05) is 25.1 Å². The van der Waals surface area contributed by atoms with Crippen LogP contribution in [0.25, 0.3) is 11.1 Å². The minimum absolute atomic E-state index is 0.00407. The third-order valence-electron chi connectivity index (χ3n) is 4.72. The number of pyridine rings is 1. The van der Waals surface area contributed by atoms with Gasteiger partial charge >= 0.3 is 5.97 Å². The van der Waals surface area contributed by atoms with Crippen LogP contribution in [0.15, 0.2) is 59.6 Å². The summed E-state index contributed by atoms with van der Waals surface area (Å²) in [5, 5.41) is 13.3. The number of aromatic nitrogens is 1. The topological polar surface area (TPSA) is 101 Å². The van der Waals surface area contributed by atoms with Crippen molar-refractivity contribution >= 4 is 29.3 Å². The lowest BCUT2D eigenvalue weighted by molar-refractivity contribution is -0.137. The third-order valence-corrected chi connectivity index (χ3v) is 5.67. The van der Waals surface area contributed by atoms with Crippen molar-refractivity contribution in [1.82, 2.24) is 4.98 Å². The average Bonchev–Trinajstić information content (AvgIpc) is 2.83. The molecule has 1 heterocycles. The molecule has 1 amide bonds. The number of benzene rings is 2. The number of hydrogen-bond donors (Lipinski definition) is 1. The third kappa shape index (κ3) is 5.70. The van der Waals surface area contributed by atoms with Crippen molar-refractivity contribution in [3.05, 3.63) is 71.4 Å². The number of nitrogens with zero attached hydrogens (tertiary/aromatic N) is 2. The molecule has 0 unspecified atom stereocenters. The Labute approximate surface area is 196 Å². The van der Waals surface area contributed by atoms with Crippen LogP contribution in [0.5, 0.6) is 5.75 Å². The van der Waals surface area contributed by atoms with Gasteiger partial charge in [-0.25, -0.2) is 4.98 Å². The number of anilines is 1. The number of esters is 1. The van der Waals surface area contributed by atoms with Gasteiger partial charge in [-0.3, -0.25) is 9.59 Å². The predicted octanol–water partition coefficient (Wildman–Crippen LogP) is 4.84. The van der Waals surface area contributed by atoms with E-state index in [2.05, 4.69) is 16.4 Å². The second-order valence-corrected chi connectivity index (χ2v) is 7.85. The van der Waals surface area contributed by atoms with Crippen molar-refractivity contribution in [2.75, 3.05) is 24.8 Å². The lowest BCUT2D eigenvalue weighted by atomic mass is 9.94. The maximum absolute atomic E-state index is 13.3. The molecule has 2 aromatic carbocycles. The highest BCUT2D eigenvalue weighted by atomic mass is 32.2. The lowest BCUT2D eigenvalue weighted by Crippen LogP contribution is -2.17. The van der Waals surface area contributed by atoms with Gasteiger partial charge in [0.2, 0.25) is 0 Å². The lowest BCUT2D eigenvalue weighted by Gasteiger charge is -2.17. The van der Waals surface area contributed by atoms with Crippen LogP contribution in [0.2, 0.25) is 0 Å². The summed E-state index contributed by atoms with van der Waals surface area (Å²) in [6.07, 6.45) is 0. The first-order valence-corrected chi connectivity index (χ1v) is 11.2. The smallest absolute Gasteiger partial charge is 0.316 e. The highest BCUT2D eigenvalue weighted by Crippen LogP contribution is 2.36. The van der Waals surface area contributed by atoms with E-state index in [1.54, 1.807) is 43.3 Å². The van der Waals surface area contributed by atoms with Crippen molar-refractivity contribution < 1.29 is 19.1 Å². The Kier molecular flexibility index (Phi) is 8.06. The minimum atomic E-state index is -0.433. The number of aryl methyl sites for hydroxylation is 1. The summed E-state index contributed by atoms with van der Waals surface area (Å²) >= 11 is 1.10. The molecule has 0 radical (unpaired) electrons. The van der Waals surface area contributed by atoms with E-state index in [4.69, 9.17) is 9.47 Å². The zero-order chi connectivity index (χ0) is 23.8. The maximum Gasteiger partial charge on any atom is 0.316 e. The number of ether oxygens (including phenoxy) is 2. The van der Waals surface area contributed by atoms with Gasteiger partial charge in [-0.15, -0.1) is 0 Å². The highest BCUT2D eigenvalue weighted by Gasteiger charge is 2.25. The normalized spacial score (nSPS) is 10.2. The van der Waals surface area contributed by atoms with Gasteiger partial charge in [0.25, 0.3) is 5.91 Å². The number of hydrogen-bond acceptors (Lipinski definition) is 7. The molecule has 0 atom stereocenters. The van der Waals surface area contributed by atoms with Crippen molar-refractivity contribution in [1.29, 1.82) is 5.26 Å². The number of rotatable bonds is 8. The summed E-state index contributed by atoms with van der Waals surface area (Å²) in [4.78, 5) is 29.5. The van der Waals surface area contributed by atoms with Gasteiger partial charge < -0.3 is 14.8 Å². The predicted molar refractivity (Wildman–Crippen MR) is 127 cm³/mol. The van der Waals surface area contributed by atoms with E-state index in [0.29, 0.717) is 45.5 Å².